The number of rotatable bonds is 6. The maximum atomic E-state index is 12.9. The molecule has 0 bridgehead atoms. The number of thiazole rings is 1. The molecule has 0 unspecified atom stereocenters. The normalized spacial score (nSPS) is 11.6. The van der Waals surface area contributed by atoms with Crippen LogP contribution in [0.25, 0.3) is 16.2 Å². The fraction of sp³-hybridized carbons (Fsp3) is 0.100. The van der Waals surface area contributed by atoms with Crippen LogP contribution in [0.15, 0.2) is 71.2 Å². The van der Waals surface area contributed by atoms with E-state index < -0.39 is 21.6 Å². The number of carbonyl (C=O) groups is 1. The number of hydrogen-bond donors (Lipinski definition) is 1. The number of fused-ring (bicyclic) bond motifs is 1. The highest BCUT2D eigenvalue weighted by Crippen LogP contribution is 2.23. The summed E-state index contributed by atoms with van der Waals surface area (Å²) in [4.78, 5) is 17.6. The summed E-state index contributed by atoms with van der Waals surface area (Å²) in [6, 6.07) is 11.7. The standard InChI is InChI=1S/C20H16FN3O3S2/c21-15-3-7-17(8-4-15)29(26,27)12-9-19(25)22-16-5-1-14(2-6-16)18-13-24-10-11-28-20(24)23-18/h1-8,10-11,13H,9,12H2,(H,22,25). The zero-order valence-corrected chi connectivity index (χ0v) is 16.7. The third kappa shape index (κ3) is 4.36. The van der Waals surface area contributed by atoms with Crippen molar-refractivity contribution in [1.29, 1.82) is 0 Å². The van der Waals surface area contributed by atoms with Crippen molar-refractivity contribution < 1.29 is 17.6 Å². The molecular weight excluding hydrogens is 413 g/mol. The first-order valence-electron chi connectivity index (χ1n) is 8.71. The Morgan fingerprint density at radius 3 is 2.52 bits per heavy atom. The van der Waals surface area contributed by atoms with Crippen LogP contribution < -0.4 is 5.32 Å². The van der Waals surface area contributed by atoms with Crippen molar-refractivity contribution in [2.45, 2.75) is 11.3 Å². The van der Waals surface area contributed by atoms with Crippen molar-refractivity contribution in [2.75, 3.05) is 11.1 Å². The first-order chi connectivity index (χ1) is 13.9. The van der Waals surface area contributed by atoms with Gasteiger partial charge in [0.05, 0.1) is 16.3 Å². The van der Waals surface area contributed by atoms with Gasteiger partial charge in [-0.15, -0.1) is 11.3 Å². The number of anilines is 1. The van der Waals surface area contributed by atoms with Crippen molar-refractivity contribution in [3.8, 4) is 11.3 Å². The molecule has 6 nitrogen and oxygen atoms in total. The molecule has 9 heteroatoms. The van der Waals surface area contributed by atoms with Gasteiger partial charge in [0.2, 0.25) is 5.91 Å². The first-order valence-corrected chi connectivity index (χ1v) is 11.2. The van der Waals surface area contributed by atoms with Crippen molar-refractivity contribution in [3.05, 3.63) is 72.1 Å². The molecule has 4 aromatic rings. The molecule has 29 heavy (non-hydrogen) atoms. The lowest BCUT2D eigenvalue weighted by atomic mass is 10.1. The Hall–Kier alpha value is -3.04. The molecule has 0 spiro atoms. The van der Waals surface area contributed by atoms with E-state index in [9.17, 15) is 17.6 Å². The molecule has 2 aromatic heterocycles. The van der Waals surface area contributed by atoms with E-state index >= 15 is 0 Å². The number of aromatic nitrogens is 2. The molecule has 0 saturated heterocycles. The van der Waals surface area contributed by atoms with E-state index in [1.165, 1.54) is 12.1 Å². The van der Waals surface area contributed by atoms with Crippen LogP contribution in [-0.4, -0.2) is 29.5 Å². The van der Waals surface area contributed by atoms with Crippen LogP contribution in [0.3, 0.4) is 0 Å². The predicted molar refractivity (Wildman–Crippen MR) is 110 cm³/mol. The van der Waals surface area contributed by atoms with Gasteiger partial charge in [-0.2, -0.15) is 0 Å². The highest BCUT2D eigenvalue weighted by atomic mass is 32.2. The Morgan fingerprint density at radius 1 is 1.10 bits per heavy atom. The molecule has 0 radical (unpaired) electrons. The summed E-state index contributed by atoms with van der Waals surface area (Å²) in [6.07, 6.45) is 3.67. The smallest absolute Gasteiger partial charge is 0.225 e. The SMILES string of the molecule is O=C(CCS(=O)(=O)c1ccc(F)cc1)Nc1ccc(-c2cn3ccsc3n2)cc1. The first kappa shape index (κ1) is 19.3. The van der Waals surface area contributed by atoms with Crippen LogP contribution in [0.5, 0.6) is 0 Å². The summed E-state index contributed by atoms with van der Waals surface area (Å²) in [7, 11) is -3.65. The lowest BCUT2D eigenvalue weighted by Gasteiger charge is -2.07. The number of carbonyl (C=O) groups excluding carboxylic acids is 1. The second-order valence-corrected chi connectivity index (χ2v) is 9.35. The van der Waals surface area contributed by atoms with E-state index in [-0.39, 0.29) is 17.1 Å². The molecule has 0 atom stereocenters. The third-order valence-corrected chi connectivity index (χ3v) is 6.83. The Balaban J connectivity index is 1.37. The van der Waals surface area contributed by atoms with Gasteiger partial charge in [0.25, 0.3) is 0 Å². The minimum Gasteiger partial charge on any atom is -0.326 e. The van der Waals surface area contributed by atoms with Gasteiger partial charge in [-0.3, -0.25) is 9.20 Å². The molecule has 0 saturated carbocycles. The number of hydrogen-bond acceptors (Lipinski definition) is 5. The van der Waals surface area contributed by atoms with Gasteiger partial charge in [-0.1, -0.05) is 12.1 Å². The van der Waals surface area contributed by atoms with E-state index in [0.29, 0.717) is 5.69 Å². The predicted octanol–water partition coefficient (Wildman–Crippen LogP) is 4.00. The van der Waals surface area contributed by atoms with E-state index in [1.807, 2.05) is 34.3 Å². The minimum atomic E-state index is -3.65. The number of imidazole rings is 1. The van der Waals surface area contributed by atoms with Crippen LogP contribution in [0.1, 0.15) is 6.42 Å². The largest absolute Gasteiger partial charge is 0.326 e. The van der Waals surface area contributed by atoms with Crippen molar-refractivity contribution >= 4 is 37.7 Å². The Kier molecular flexibility index (Phi) is 5.16. The fourth-order valence-electron chi connectivity index (χ4n) is 2.80. The highest BCUT2D eigenvalue weighted by Gasteiger charge is 2.16. The molecule has 1 N–H and O–H groups in total. The third-order valence-electron chi connectivity index (χ3n) is 4.33. The summed E-state index contributed by atoms with van der Waals surface area (Å²) in [6.45, 7) is 0. The van der Waals surface area contributed by atoms with Crippen molar-refractivity contribution in [1.82, 2.24) is 9.38 Å². The molecule has 2 aromatic carbocycles. The van der Waals surface area contributed by atoms with Crippen molar-refractivity contribution in [3.63, 3.8) is 0 Å². The van der Waals surface area contributed by atoms with E-state index in [4.69, 9.17) is 0 Å². The average molecular weight is 429 g/mol. The molecular formula is C20H16FN3O3S2. The molecule has 0 aliphatic heterocycles. The molecule has 4 rings (SSSR count). The minimum absolute atomic E-state index is 0.00368. The number of nitrogens with one attached hydrogen (secondary N) is 1. The molecule has 148 valence electrons. The van der Waals surface area contributed by atoms with Gasteiger partial charge in [-0.25, -0.2) is 17.8 Å². The van der Waals surface area contributed by atoms with Crippen LogP contribution in [0.2, 0.25) is 0 Å². The van der Waals surface area contributed by atoms with Crippen LogP contribution >= 0.6 is 11.3 Å². The van der Waals surface area contributed by atoms with Gasteiger partial charge in [-0.05, 0) is 36.4 Å². The van der Waals surface area contributed by atoms with Crippen LogP contribution in [0, 0.1) is 5.82 Å². The molecule has 2 heterocycles. The second-order valence-electron chi connectivity index (χ2n) is 6.37. The summed E-state index contributed by atoms with van der Waals surface area (Å²) >= 11 is 1.55. The fourth-order valence-corrected chi connectivity index (χ4v) is 4.74. The summed E-state index contributed by atoms with van der Waals surface area (Å²) in [5, 5.41) is 4.65. The maximum Gasteiger partial charge on any atom is 0.225 e. The van der Waals surface area contributed by atoms with Gasteiger partial charge in [0.1, 0.15) is 5.82 Å². The molecule has 1 amide bonds. The van der Waals surface area contributed by atoms with Crippen LogP contribution in [-0.2, 0) is 14.6 Å². The Morgan fingerprint density at radius 2 is 1.83 bits per heavy atom. The molecule has 0 aliphatic rings. The lowest BCUT2D eigenvalue weighted by Crippen LogP contribution is -2.17. The summed E-state index contributed by atoms with van der Waals surface area (Å²) in [5.41, 5.74) is 2.32. The zero-order chi connectivity index (χ0) is 20.4. The Labute approximate surface area is 170 Å². The van der Waals surface area contributed by atoms with Crippen molar-refractivity contribution in [2.24, 2.45) is 0 Å². The zero-order valence-electron chi connectivity index (χ0n) is 15.1. The van der Waals surface area contributed by atoms with Gasteiger partial charge >= 0.3 is 0 Å². The number of benzene rings is 2. The lowest BCUT2D eigenvalue weighted by molar-refractivity contribution is -0.115. The quantitative estimate of drug-likeness (QED) is 0.470. The summed E-state index contributed by atoms with van der Waals surface area (Å²) in [5.74, 6) is -1.28. The second kappa shape index (κ2) is 7.76. The van der Waals surface area contributed by atoms with Crippen LogP contribution in [0.4, 0.5) is 10.1 Å². The number of amides is 1. The van der Waals surface area contributed by atoms with E-state index in [1.54, 1.807) is 23.5 Å². The number of halogens is 1. The molecule has 0 fully saturated rings. The molecule has 0 aliphatic carbocycles. The Bertz CT molecular complexity index is 1230. The van der Waals surface area contributed by atoms with E-state index in [0.717, 1.165) is 28.4 Å². The maximum absolute atomic E-state index is 12.9. The van der Waals surface area contributed by atoms with Gasteiger partial charge in [0.15, 0.2) is 14.8 Å². The monoisotopic (exact) mass is 429 g/mol. The average Bonchev–Trinajstić information content (AvgIpc) is 3.30. The van der Waals surface area contributed by atoms with Gasteiger partial charge in [0, 0.05) is 35.4 Å². The number of nitrogens with zero attached hydrogens (tertiary/aromatic N) is 2. The summed E-state index contributed by atoms with van der Waals surface area (Å²) < 4.78 is 39.4. The highest BCUT2D eigenvalue weighted by molar-refractivity contribution is 7.91. The number of sulfone groups is 1. The van der Waals surface area contributed by atoms with E-state index in [2.05, 4.69) is 10.3 Å². The van der Waals surface area contributed by atoms with Gasteiger partial charge < -0.3 is 5.32 Å². The topological polar surface area (TPSA) is 80.5 Å².